The first-order chi connectivity index (χ1) is 9.94. The maximum atomic E-state index is 11.0. The zero-order valence-corrected chi connectivity index (χ0v) is 13.3. The number of rotatable bonds is 6. The van der Waals surface area contributed by atoms with Crippen LogP contribution in [-0.2, 0) is 10.0 Å². The number of hydrogen-bond donors (Lipinski definition) is 1. The van der Waals surface area contributed by atoms with Crippen LogP contribution in [0.3, 0.4) is 0 Å². The lowest BCUT2D eigenvalue weighted by molar-refractivity contribution is 0.309. The zero-order chi connectivity index (χ0) is 15.3. The average Bonchev–Trinajstić information content (AvgIpc) is 2.43. The quantitative estimate of drug-likeness (QED) is 0.778. The van der Waals surface area contributed by atoms with Crippen LogP contribution in [0.1, 0.15) is 25.1 Å². The summed E-state index contributed by atoms with van der Waals surface area (Å²) in [5.41, 5.74) is 0. The third-order valence-electron chi connectivity index (χ3n) is 3.20. The molecule has 0 atom stereocenters. The maximum Gasteiger partial charge on any atom is 0.218 e. The number of piperidine rings is 1. The van der Waals surface area contributed by atoms with Crippen molar-refractivity contribution in [2.45, 2.75) is 26.2 Å². The Labute approximate surface area is 125 Å². The Morgan fingerprint density at radius 1 is 1.29 bits per heavy atom. The fraction of sp³-hybridized carbons (Fsp3) is 0.692. The van der Waals surface area contributed by atoms with E-state index in [-0.39, 0.29) is 13.2 Å². The molecule has 0 spiro atoms. The van der Waals surface area contributed by atoms with Crippen LogP contribution in [0.2, 0.25) is 0 Å². The molecule has 1 fully saturated rings. The number of ether oxygens (including phenoxy) is 1. The van der Waals surface area contributed by atoms with Crippen molar-refractivity contribution in [2.75, 3.05) is 37.4 Å². The first-order valence-electron chi connectivity index (χ1n) is 7.12. The molecule has 1 aromatic heterocycles. The minimum Gasteiger partial charge on any atom is -0.476 e. The predicted molar refractivity (Wildman–Crippen MR) is 81.2 cm³/mol. The van der Waals surface area contributed by atoms with E-state index in [0.717, 1.165) is 25.2 Å². The molecule has 8 heteroatoms. The molecular formula is C13H22N4O3S. The lowest BCUT2D eigenvalue weighted by Crippen LogP contribution is -2.30. The first-order valence-corrected chi connectivity index (χ1v) is 9.01. The summed E-state index contributed by atoms with van der Waals surface area (Å²) in [6.07, 6.45) is 4.74. The summed E-state index contributed by atoms with van der Waals surface area (Å²) < 4.78 is 29.8. The van der Waals surface area contributed by atoms with Gasteiger partial charge in [0.25, 0.3) is 0 Å². The Hall–Kier alpha value is -1.41. The monoisotopic (exact) mass is 314 g/mol. The third-order valence-corrected chi connectivity index (χ3v) is 3.93. The molecule has 0 unspecified atom stereocenters. The van der Waals surface area contributed by atoms with Gasteiger partial charge in [0.05, 0.1) is 6.26 Å². The molecule has 0 amide bonds. The molecule has 0 bridgehead atoms. The summed E-state index contributed by atoms with van der Waals surface area (Å²) >= 11 is 0. The predicted octanol–water partition coefficient (Wildman–Crippen LogP) is 0.703. The second kappa shape index (κ2) is 7.04. The molecule has 1 N–H and O–H groups in total. The van der Waals surface area contributed by atoms with Crippen molar-refractivity contribution < 1.29 is 13.2 Å². The Morgan fingerprint density at radius 2 is 2.00 bits per heavy atom. The van der Waals surface area contributed by atoms with Gasteiger partial charge in [-0.25, -0.2) is 18.1 Å². The van der Waals surface area contributed by atoms with E-state index in [1.54, 1.807) is 0 Å². The van der Waals surface area contributed by atoms with Crippen molar-refractivity contribution in [3.05, 3.63) is 11.9 Å². The van der Waals surface area contributed by atoms with Gasteiger partial charge in [-0.3, -0.25) is 0 Å². The number of nitrogens with zero attached hydrogens (tertiary/aromatic N) is 3. The zero-order valence-electron chi connectivity index (χ0n) is 12.5. The summed E-state index contributed by atoms with van der Waals surface area (Å²) in [5, 5.41) is 0. The smallest absolute Gasteiger partial charge is 0.218 e. The molecule has 21 heavy (non-hydrogen) atoms. The second-order valence-corrected chi connectivity index (χ2v) is 7.01. The Bertz CT molecular complexity index is 571. The van der Waals surface area contributed by atoms with E-state index in [1.165, 1.54) is 19.3 Å². The normalized spacial score (nSPS) is 16.0. The summed E-state index contributed by atoms with van der Waals surface area (Å²) in [7, 11) is -3.18. The average molecular weight is 314 g/mol. The summed E-state index contributed by atoms with van der Waals surface area (Å²) in [4.78, 5) is 10.9. The van der Waals surface area contributed by atoms with Crippen LogP contribution in [0.5, 0.6) is 5.88 Å². The SMILES string of the molecule is Cc1nc(OCCNS(C)(=O)=O)cc(N2CCCCC2)n1. The highest BCUT2D eigenvalue weighted by molar-refractivity contribution is 7.88. The summed E-state index contributed by atoms with van der Waals surface area (Å²) in [6, 6.07) is 1.82. The van der Waals surface area contributed by atoms with Crippen molar-refractivity contribution in [1.82, 2.24) is 14.7 Å². The van der Waals surface area contributed by atoms with Crippen LogP contribution >= 0.6 is 0 Å². The summed E-state index contributed by atoms with van der Waals surface area (Å²) in [5.74, 6) is 2.02. The van der Waals surface area contributed by atoms with E-state index < -0.39 is 10.0 Å². The molecule has 0 aliphatic carbocycles. The van der Waals surface area contributed by atoms with Gasteiger partial charge in [-0.1, -0.05) is 0 Å². The largest absolute Gasteiger partial charge is 0.476 e. The number of sulfonamides is 1. The maximum absolute atomic E-state index is 11.0. The third kappa shape index (κ3) is 5.47. The molecule has 0 aromatic carbocycles. The molecule has 0 radical (unpaired) electrons. The Balaban J connectivity index is 1.95. The second-order valence-electron chi connectivity index (χ2n) is 5.17. The van der Waals surface area contributed by atoms with E-state index >= 15 is 0 Å². The number of anilines is 1. The van der Waals surface area contributed by atoms with Crippen molar-refractivity contribution in [3.8, 4) is 5.88 Å². The van der Waals surface area contributed by atoms with Crippen LogP contribution < -0.4 is 14.4 Å². The fourth-order valence-electron chi connectivity index (χ4n) is 2.27. The van der Waals surface area contributed by atoms with E-state index in [9.17, 15) is 8.42 Å². The number of aryl methyl sites for hydroxylation is 1. The standard InChI is InChI=1S/C13H22N4O3S/c1-11-15-12(17-7-4-3-5-8-17)10-13(16-11)20-9-6-14-21(2,18)19/h10,14H,3-9H2,1-2H3. The number of aromatic nitrogens is 2. The van der Waals surface area contributed by atoms with Gasteiger partial charge in [0, 0.05) is 25.7 Å². The number of nitrogens with one attached hydrogen (secondary N) is 1. The lowest BCUT2D eigenvalue weighted by Gasteiger charge is -2.27. The molecule has 1 saturated heterocycles. The van der Waals surface area contributed by atoms with E-state index in [4.69, 9.17) is 4.74 Å². The Morgan fingerprint density at radius 3 is 2.67 bits per heavy atom. The van der Waals surface area contributed by atoms with E-state index in [0.29, 0.717) is 11.7 Å². The van der Waals surface area contributed by atoms with Crippen molar-refractivity contribution in [2.24, 2.45) is 0 Å². The molecule has 118 valence electrons. The molecule has 0 saturated carbocycles. The van der Waals surface area contributed by atoms with Gasteiger partial charge in [-0.15, -0.1) is 0 Å². The minimum atomic E-state index is -3.18. The highest BCUT2D eigenvalue weighted by atomic mass is 32.2. The van der Waals surface area contributed by atoms with Gasteiger partial charge in [-0.05, 0) is 26.2 Å². The van der Waals surface area contributed by atoms with E-state index in [2.05, 4.69) is 19.6 Å². The highest BCUT2D eigenvalue weighted by Crippen LogP contribution is 2.21. The van der Waals surface area contributed by atoms with Gasteiger partial charge in [-0.2, -0.15) is 4.98 Å². The van der Waals surface area contributed by atoms with Crippen LogP contribution in [-0.4, -0.2) is 50.9 Å². The molecule has 7 nitrogen and oxygen atoms in total. The van der Waals surface area contributed by atoms with Crippen molar-refractivity contribution in [1.29, 1.82) is 0 Å². The molecule has 1 aromatic rings. The van der Waals surface area contributed by atoms with Gasteiger partial charge in [0.1, 0.15) is 18.2 Å². The van der Waals surface area contributed by atoms with Crippen molar-refractivity contribution >= 4 is 15.8 Å². The van der Waals surface area contributed by atoms with Crippen LogP contribution in [0.25, 0.3) is 0 Å². The van der Waals surface area contributed by atoms with Crippen LogP contribution in [0, 0.1) is 6.92 Å². The lowest BCUT2D eigenvalue weighted by atomic mass is 10.1. The topological polar surface area (TPSA) is 84.4 Å². The fourth-order valence-corrected chi connectivity index (χ4v) is 2.72. The van der Waals surface area contributed by atoms with Crippen molar-refractivity contribution in [3.63, 3.8) is 0 Å². The van der Waals surface area contributed by atoms with E-state index in [1.807, 2.05) is 13.0 Å². The van der Waals surface area contributed by atoms with Crippen LogP contribution in [0.4, 0.5) is 5.82 Å². The van der Waals surface area contributed by atoms with Gasteiger partial charge >= 0.3 is 0 Å². The van der Waals surface area contributed by atoms with Gasteiger partial charge < -0.3 is 9.64 Å². The molecule has 2 heterocycles. The van der Waals surface area contributed by atoms with Gasteiger partial charge in [0.2, 0.25) is 15.9 Å². The minimum absolute atomic E-state index is 0.223. The molecule has 2 rings (SSSR count). The first kappa shape index (κ1) is 16.0. The summed E-state index contributed by atoms with van der Waals surface area (Å²) in [6.45, 7) is 4.30. The highest BCUT2D eigenvalue weighted by Gasteiger charge is 2.14. The molecule has 1 aliphatic heterocycles. The number of hydrogen-bond acceptors (Lipinski definition) is 6. The Kier molecular flexibility index (Phi) is 5.35. The van der Waals surface area contributed by atoms with Crippen LogP contribution in [0.15, 0.2) is 6.07 Å². The van der Waals surface area contributed by atoms with Gasteiger partial charge in [0.15, 0.2) is 0 Å². The molecule has 1 aliphatic rings. The molecular weight excluding hydrogens is 292 g/mol.